The number of fused-ring (bicyclic) bond motifs is 1. The van der Waals surface area contributed by atoms with Gasteiger partial charge in [-0.05, 0) is 36.3 Å². The van der Waals surface area contributed by atoms with Crippen LogP contribution in [0, 0.1) is 5.92 Å². The molecule has 4 rings (SSSR count). The van der Waals surface area contributed by atoms with E-state index in [1.807, 2.05) is 13.0 Å². The van der Waals surface area contributed by atoms with E-state index in [4.69, 9.17) is 0 Å². The van der Waals surface area contributed by atoms with Crippen molar-refractivity contribution in [1.82, 2.24) is 9.97 Å². The maximum absolute atomic E-state index is 10.1. The zero-order chi connectivity index (χ0) is 17.4. The van der Waals surface area contributed by atoms with E-state index in [-0.39, 0.29) is 18.0 Å². The van der Waals surface area contributed by atoms with Gasteiger partial charge in [-0.1, -0.05) is 31.2 Å². The number of anilines is 2. The van der Waals surface area contributed by atoms with Crippen LogP contribution in [0.4, 0.5) is 11.6 Å². The van der Waals surface area contributed by atoms with Crippen LogP contribution < -0.4 is 10.6 Å². The van der Waals surface area contributed by atoms with Crippen LogP contribution in [0.1, 0.15) is 36.9 Å². The normalized spacial score (nSPS) is 30.9. The fourth-order valence-corrected chi connectivity index (χ4v) is 3.99. The summed E-state index contributed by atoms with van der Waals surface area (Å²) >= 11 is 0. The molecule has 1 aromatic carbocycles. The minimum Gasteiger partial charge on any atom is -0.390 e. The summed E-state index contributed by atoms with van der Waals surface area (Å²) < 4.78 is 0. The third-order valence-electron chi connectivity index (χ3n) is 5.43. The number of nitrogens with zero attached hydrogens (tertiary/aromatic N) is 2. The molecule has 0 saturated heterocycles. The number of rotatable bonds is 4. The summed E-state index contributed by atoms with van der Waals surface area (Å²) in [5.41, 5.74) is 2.73. The maximum Gasteiger partial charge on any atom is 0.131 e. The maximum atomic E-state index is 10.1. The number of aliphatic hydroxyl groups is 2. The molecule has 0 amide bonds. The number of aromatic nitrogens is 2. The molecule has 1 saturated carbocycles. The first-order chi connectivity index (χ1) is 12.1. The molecule has 1 fully saturated rings. The number of aryl methyl sites for hydroxylation is 1. The summed E-state index contributed by atoms with van der Waals surface area (Å²) in [6.45, 7) is 1.94. The van der Waals surface area contributed by atoms with Crippen molar-refractivity contribution in [1.29, 1.82) is 0 Å². The van der Waals surface area contributed by atoms with Crippen LogP contribution in [0.2, 0.25) is 0 Å². The highest BCUT2D eigenvalue weighted by Crippen LogP contribution is 2.33. The van der Waals surface area contributed by atoms with Crippen molar-refractivity contribution in [2.24, 2.45) is 5.92 Å². The molecule has 5 atom stereocenters. The van der Waals surface area contributed by atoms with Crippen molar-refractivity contribution in [2.75, 3.05) is 10.6 Å². The Morgan fingerprint density at radius 1 is 1.04 bits per heavy atom. The second-order valence-corrected chi connectivity index (χ2v) is 7.17. The zero-order valence-corrected chi connectivity index (χ0v) is 14.3. The van der Waals surface area contributed by atoms with Gasteiger partial charge in [0.2, 0.25) is 0 Å². The van der Waals surface area contributed by atoms with E-state index >= 15 is 0 Å². The van der Waals surface area contributed by atoms with Crippen molar-refractivity contribution in [3.05, 3.63) is 47.8 Å². The molecule has 0 spiro atoms. The molecule has 6 nitrogen and oxygen atoms in total. The molecule has 6 heteroatoms. The number of benzene rings is 1. The molecule has 2 aliphatic carbocycles. The molecule has 0 radical (unpaired) electrons. The van der Waals surface area contributed by atoms with Gasteiger partial charge in [0.15, 0.2) is 0 Å². The largest absolute Gasteiger partial charge is 0.390 e. The van der Waals surface area contributed by atoms with Crippen LogP contribution in [0.3, 0.4) is 0 Å². The summed E-state index contributed by atoms with van der Waals surface area (Å²) in [5.74, 6) is 1.50. The SMILES string of the molecule is C[C@H]1C[C@@H](Nc2cc(N[C@H]3CCc4ccccc43)ncn2)[C@H](O)[C@@H]1O. The van der Waals surface area contributed by atoms with Crippen LogP contribution >= 0.6 is 0 Å². The summed E-state index contributed by atoms with van der Waals surface area (Å²) in [6, 6.07) is 10.4. The zero-order valence-electron chi connectivity index (χ0n) is 14.3. The minimum atomic E-state index is -0.775. The van der Waals surface area contributed by atoms with Crippen molar-refractivity contribution in [2.45, 2.75) is 50.5 Å². The third kappa shape index (κ3) is 3.19. The lowest BCUT2D eigenvalue weighted by Gasteiger charge is -2.19. The standard InChI is InChI=1S/C19H24N4O2/c1-11-8-15(19(25)18(11)24)23-17-9-16(20-10-21-17)22-14-7-6-12-4-2-3-5-13(12)14/h2-5,9-11,14-15,18-19,24-25H,6-8H2,1H3,(H2,20,21,22,23)/t11-,14-,15+,18+,19-/m0/s1. The Labute approximate surface area is 147 Å². The highest BCUT2D eigenvalue weighted by Gasteiger charge is 2.39. The van der Waals surface area contributed by atoms with Gasteiger partial charge in [0.1, 0.15) is 24.1 Å². The Hall–Kier alpha value is -2.18. The lowest BCUT2D eigenvalue weighted by molar-refractivity contribution is 0.0210. The summed E-state index contributed by atoms with van der Waals surface area (Å²) in [6.07, 6.45) is 2.90. The fraction of sp³-hybridized carbons (Fsp3) is 0.474. The lowest BCUT2D eigenvalue weighted by atomic mass is 10.1. The van der Waals surface area contributed by atoms with Gasteiger partial charge >= 0.3 is 0 Å². The Morgan fingerprint density at radius 3 is 2.56 bits per heavy atom. The average molecular weight is 340 g/mol. The van der Waals surface area contributed by atoms with Crippen molar-refractivity contribution in [3.8, 4) is 0 Å². The molecule has 4 N–H and O–H groups in total. The molecule has 132 valence electrons. The van der Waals surface area contributed by atoms with Gasteiger partial charge < -0.3 is 20.8 Å². The van der Waals surface area contributed by atoms with Gasteiger partial charge in [-0.25, -0.2) is 9.97 Å². The number of aliphatic hydroxyl groups excluding tert-OH is 2. The topological polar surface area (TPSA) is 90.3 Å². The average Bonchev–Trinajstić information content (AvgIpc) is 3.13. The first-order valence-electron chi connectivity index (χ1n) is 8.91. The monoisotopic (exact) mass is 340 g/mol. The van der Waals surface area contributed by atoms with Crippen LogP contribution in [0.5, 0.6) is 0 Å². The van der Waals surface area contributed by atoms with Gasteiger partial charge in [-0.3, -0.25) is 0 Å². The molecule has 0 unspecified atom stereocenters. The Morgan fingerprint density at radius 2 is 1.80 bits per heavy atom. The van der Waals surface area contributed by atoms with Gasteiger partial charge in [0.25, 0.3) is 0 Å². The first kappa shape index (κ1) is 16.3. The molecule has 0 bridgehead atoms. The highest BCUT2D eigenvalue weighted by molar-refractivity contribution is 5.50. The van der Waals surface area contributed by atoms with Gasteiger partial charge in [0, 0.05) is 6.07 Å². The first-order valence-corrected chi connectivity index (χ1v) is 8.91. The smallest absolute Gasteiger partial charge is 0.131 e. The minimum absolute atomic E-state index is 0.0712. The van der Waals surface area contributed by atoms with Crippen molar-refractivity contribution >= 4 is 11.6 Å². The fourth-order valence-electron chi connectivity index (χ4n) is 3.99. The Kier molecular flexibility index (Phi) is 4.31. The second kappa shape index (κ2) is 6.61. The number of nitrogens with one attached hydrogen (secondary N) is 2. The van der Waals surface area contributed by atoms with Gasteiger partial charge in [0.05, 0.1) is 18.2 Å². The molecular weight excluding hydrogens is 316 g/mol. The van der Waals surface area contributed by atoms with Crippen LogP contribution in [0.15, 0.2) is 36.7 Å². The van der Waals surface area contributed by atoms with E-state index in [2.05, 4.69) is 44.9 Å². The van der Waals surface area contributed by atoms with Crippen molar-refractivity contribution in [3.63, 3.8) is 0 Å². The quantitative estimate of drug-likeness (QED) is 0.682. The van der Waals surface area contributed by atoms with E-state index in [1.54, 1.807) is 0 Å². The Balaban J connectivity index is 1.46. The third-order valence-corrected chi connectivity index (χ3v) is 5.43. The summed E-state index contributed by atoms with van der Waals surface area (Å²) in [5, 5.41) is 26.8. The molecule has 2 aliphatic rings. The predicted molar refractivity (Wildman–Crippen MR) is 96.4 cm³/mol. The van der Waals surface area contributed by atoms with Crippen LogP contribution in [-0.4, -0.2) is 38.4 Å². The molecular formula is C19H24N4O2. The molecule has 1 aromatic heterocycles. The predicted octanol–water partition coefficient (Wildman–Crippen LogP) is 2.12. The van der Waals surface area contributed by atoms with E-state index in [0.29, 0.717) is 12.2 Å². The van der Waals surface area contributed by atoms with Gasteiger partial charge in [-0.15, -0.1) is 0 Å². The van der Waals surface area contributed by atoms with Crippen LogP contribution in [0.25, 0.3) is 0 Å². The lowest BCUT2D eigenvalue weighted by Crippen LogP contribution is -2.35. The molecule has 25 heavy (non-hydrogen) atoms. The summed E-state index contributed by atoms with van der Waals surface area (Å²) in [4.78, 5) is 8.58. The van der Waals surface area contributed by atoms with E-state index in [1.165, 1.54) is 17.5 Å². The Bertz CT molecular complexity index is 754. The van der Waals surface area contributed by atoms with Crippen LogP contribution in [-0.2, 0) is 6.42 Å². The number of hydrogen-bond acceptors (Lipinski definition) is 6. The summed E-state index contributed by atoms with van der Waals surface area (Å²) in [7, 11) is 0. The van der Waals surface area contributed by atoms with E-state index in [0.717, 1.165) is 18.7 Å². The molecule has 0 aliphatic heterocycles. The molecule has 1 heterocycles. The van der Waals surface area contributed by atoms with Crippen molar-refractivity contribution < 1.29 is 10.2 Å². The van der Waals surface area contributed by atoms with Gasteiger partial charge in [-0.2, -0.15) is 0 Å². The molecule has 2 aromatic rings. The number of hydrogen-bond donors (Lipinski definition) is 4. The highest BCUT2D eigenvalue weighted by atomic mass is 16.3. The second-order valence-electron chi connectivity index (χ2n) is 7.17. The van der Waals surface area contributed by atoms with E-state index < -0.39 is 12.2 Å². The van der Waals surface area contributed by atoms with E-state index in [9.17, 15) is 10.2 Å².